The maximum atomic E-state index is 12.9. The molecule has 0 aromatic heterocycles. The zero-order valence-corrected chi connectivity index (χ0v) is 19.4. The summed E-state index contributed by atoms with van der Waals surface area (Å²) in [6.07, 6.45) is 9.27. The Bertz CT molecular complexity index is 1160. The second kappa shape index (κ2) is 9.82. The molecule has 3 aromatic carbocycles. The van der Waals surface area contributed by atoms with Crippen molar-refractivity contribution in [2.45, 2.75) is 32.8 Å². The molecule has 33 heavy (non-hydrogen) atoms. The number of fused-ring (bicyclic) bond motifs is 1. The van der Waals surface area contributed by atoms with E-state index in [1.165, 1.54) is 5.01 Å². The number of allylic oxidation sites excluding steroid dienone is 3. The molecule has 0 heterocycles. The second-order valence-corrected chi connectivity index (χ2v) is 9.23. The van der Waals surface area contributed by atoms with E-state index in [4.69, 9.17) is 4.74 Å². The van der Waals surface area contributed by atoms with Crippen molar-refractivity contribution < 1.29 is 9.53 Å². The normalized spacial score (nSPS) is 15.3. The van der Waals surface area contributed by atoms with Crippen LogP contribution in [0.15, 0.2) is 91.0 Å². The minimum atomic E-state index is -0.595. The Labute approximate surface area is 195 Å². The Hall–Kier alpha value is -3.73. The highest BCUT2D eigenvalue weighted by Gasteiger charge is 2.23. The predicted molar refractivity (Wildman–Crippen MR) is 138 cm³/mol. The molecule has 5 nitrogen and oxygen atoms in total. The summed E-state index contributed by atoms with van der Waals surface area (Å²) in [5.41, 5.74) is 5.24. The fourth-order valence-electron chi connectivity index (χ4n) is 3.69. The van der Waals surface area contributed by atoms with Crippen LogP contribution in [0.4, 0.5) is 21.9 Å². The van der Waals surface area contributed by atoms with Crippen LogP contribution in [0.25, 0.3) is 10.8 Å². The number of benzene rings is 3. The van der Waals surface area contributed by atoms with E-state index in [0.29, 0.717) is 11.6 Å². The molecule has 0 fully saturated rings. The number of anilines is 3. The average Bonchev–Trinajstić information content (AvgIpc) is 2.81. The molecule has 0 bridgehead atoms. The highest BCUT2D eigenvalue weighted by atomic mass is 16.6. The molecular formula is C28H31N3O2. The van der Waals surface area contributed by atoms with Gasteiger partial charge in [0.1, 0.15) is 5.60 Å². The topological polar surface area (TPSA) is 53.6 Å². The minimum absolute atomic E-state index is 0.458. The number of hydrogen-bond donors (Lipinski definition) is 2. The van der Waals surface area contributed by atoms with Gasteiger partial charge in [-0.25, -0.2) is 4.79 Å². The van der Waals surface area contributed by atoms with Crippen LogP contribution in [0.1, 0.15) is 27.2 Å². The van der Waals surface area contributed by atoms with Crippen molar-refractivity contribution in [3.8, 4) is 0 Å². The van der Waals surface area contributed by atoms with E-state index in [9.17, 15) is 4.79 Å². The van der Waals surface area contributed by atoms with Crippen molar-refractivity contribution >= 4 is 33.9 Å². The Morgan fingerprint density at radius 1 is 0.970 bits per heavy atom. The number of nitrogens with one attached hydrogen (secondary N) is 2. The van der Waals surface area contributed by atoms with Gasteiger partial charge < -0.3 is 10.1 Å². The van der Waals surface area contributed by atoms with Crippen LogP contribution in [0.2, 0.25) is 0 Å². The van der Waals surface area contributed by atoms with E-state index in [0.717, 1.165) is 35.1 Å². The number of rotatable bonds is 6. The predicted octanol–water partition coefficient (Wildman–Crippen LogP) is 7.15. The van der Waals surface area contributed by atoms with Crippen molar-refractivity contribution in [2.75, 3.05) is 22.3 Å². The Morgan fingerprint density at radius 2 is 1.67 bits per heavy atom. The molecule has 0 spiro atoms. The van der Waals surface area contributed by atoms with Crippen LogP contribution < -0.4 is 15.8 Å². The molecule has 0 saturated carbocycles. The van der Waals surface area contributed by atoms with Gasteiger partial charge in [-0.2, -0.15) is 5.01 Å². The monoisotopic (exact) mass is 441 g/mol. The number of hydrogen-bond acceptors (Lipinski definition) is 4. The van der Waals surface area contributed by atoms with Gasteiger partial charge in [-0.1, -0.05) is 54.6 Å². The van der Waals surface area contributed by atoms with Crippen molar-refractivity contribution in [2.24, 2.45) is 5.92 Å². The highest BCUT2D eigenvalue weighted by molar-refractivity contribution is 5.92. The molecule has 3 aromatic rings. The lowest BCUT2D eigenvalue weighted by atomic mass is 10.0. The lowest BCUT2D eigenvalue weighted by Crippen LogP contribution is -2.40. The first kappa shape index (κ1) is 22.5. The van der Waals surface area contributed by atoms with Gasteiger partial charge in [0.15, 0.2) is 0 Å². The van der Waals surface area contributed by atoms with Crippen LogP contribution in [0.3, 0.4) is 0 Å². The Kier molecular flexibility index (Phi) is 6.68. The molecule has 5 heteroatoms. The van der Waals surface area contributed by atoms with Crippen molar-refractivity contribution in [1.82, 2.24) is 0 Å². The first-order valence-electron chi connectivity index (χ1n) is 11.3. The number of carbonyl (C=O) groups is 1. The van der Waals surface area contributed by atoms with E-state index in [2.05, 4.69) is 59.3 Å². The van der Waals surface area contributed by atoms with Crippen molar-refractivity contribution in [3.63, 3.8) is 0 Å². The number of carbonyl (C=O) groups excluding carboxylic acids is 1. The summed E-state index contributed by atoms with van der Waals surface area (Å²) >= 11 is 0. The molecule has 1 amide bonds. The molecule has 1 atom stereocenters. The smallest absolute Gasteiger partial charge is 0.433 e. The van der Waals surface area contributed by atoms with E-state index < -0.39 is 11.7 Å². The molecule has 1 aliphatic carbocycles. The fraction of sp³-hybridized carbons (Fsp3) is 0.250. The van der Waals surface area contributed by atoms with Gasteiger partial charge >= 0.3 is 6.09 Å². The molecule has 0 aliphatic heterocycles. The summed E-state index contributed by atoms with van der Waals surface area (Å²) in [5, 5.41) is 7.20. The molecular weight excluding hydrogens is 410 g/mol. The maximum Gasteiger partial charge on any atom is 0.433 e. The summed E-state index contributed by atoms with van der Waals surface area (Å²) in [6, 6.07) is 21.9. The summed E-state index contributed by atoms with van der Waals surface area (Å²) in [6.45, 7) is 6.48. The van der Waals surface area contributed by atoms with Gasteiger partial charge in [0.25, 0.3) is 0 Å². The molecule has 1 aliphatic rings. The van der Waals surface area contributed by atoms with Crippen molar-refractivity contribution in [3.05, 3.63) is 91.0 Å². The van der Waals surface area contributed by atoms with E-state index in [-0.39, 0.29) is 0 Å². The molecule has 1 unspecified atom stereocenters. The quantitative estimate of drug-likeness (QED) is 0.399. The average molecular weight is 442 g/mol. The zero-order valence-electron chi connectivity index (χ0n) is 19.4. The largest absolute Gasteiger partial charge is 0.442 e. The van der Waals surface area contributed by atoms with Crippen LogP contribution >= 0.6 is 0 Å². The number of nitrogens with zero attached hydrogens (tertiary/aromatic N) is 1. The fourth-order valence-corrected chi connectivity index (χ4v) is 3.69. The molecule has 2 N–H and O–H groups in total. The van der Waals surface area contributed by atoms with E-state index >= 15 is 0 Å². The third-order valence-electron chi connectivity index (χ3n) is 5.31. The lowest BCUT2D eigenvalue weighted by molar-refractivity contribution is 0.0589. The van der Waals surface area contributed by atoms with E-state index in [1.54, 1.807) is 0 Å². The van der Waals surface area contributed by atoms with Gasteiger partial charge in [-0.3, -0.25) is 5.43 Å². The minimum Gasteiger partial charge on any atom is -0.442 e. The third kappa shape index (κ3) is 6.16. The zero-order chi connectivity index (χ0) is 23.3. The highest BCUT2D eigenvalue weighted by Crippen LogP contribution is 2.26. The van der Waals surface area contributed by atoms with Gasteiger partial charge in [0, 0.05) is 12.2 Å². The Morgan fingerprint density at radius 3 is 2.33 bits per heavy atom. The molecule has 4 rings (SSSR count). The summed E-state index contributed by atoms with van der Waals surface area (Å²) in [7, 11) is 0. The SMILES string of the molecule is CC(C)(C)OC(=O)N(Nc1ccc2cc(NCC3C=CC=CC3)ccc2c1)c1ccccc1. The number of hydrazine groups is 1. The van der Waals surface area contributed by atoms with Crippen LogP contribution in [0, 0.1) is 5.92 Å². The molecule has 0 saturated heterocycles. The standard InChI is InChI=1S/C28H31N3O2/c1-28(2,3)33-27(32)31(26-12-8-5-9-13-26)30-25-17-15-22-18-24(16-14-23(22)19-25)29-20-21-10-6-4-7-11-21/h4-10,12-19,21,29-30H,11,20H2,1-3H3. The first-order chi connectivity index (χ1) is 15.9. The maximum absolute atomic E-state index is 12.9. The van der Waals surface area contributed by atoms with Gasteiger partial charge in [0.2, 0.25) is 0 Å². The van der Waals surface area contributed by atoms with Gasteiger partial charge in [-0.15, -0.1) is 0 Å². The van der Waals surface area contributed by atoms with E-state index in [1.807, 2.05) is 63.2 Å². The molecule has 0 radical (unpaired) electrons. The van der Waals surface area contributed by atoms with Crippen LogP contribution in [-0.4, -0.2) is 18.2 Å². The Balaban J connectivity index is 1.50. The third-order valence-corrected chi connectivity index (χ3v) is 5.31. The van der Waals surface area contributed by atoms with Gasteiger partial charge in [-0.05, 0) is 80.3 Å². The summed E-state index contributed by atoms with van der Waals surface area (Å²) < 4.78 is 5.61. The summed E-state index contributed by atoms with van der Waals surface area (Å²) in [5.74, 6) is 0.522. The van der Waals surface area contributed by atoms with Crippen LogP contribution in [-0.2, 0) is 4.74 Å². The number of amides is 1. The van der Waals surface area contributed by atoms with Crippen molar-refractivity contribution in [1.29, 1.82) is 0 Å². The number of para-hydroxylation sites is 1. The summed E-state index contributed by atoms with van der Waals surface area (Å²) in [4.78, 5) is 12.9. The number of ether oxygens (including phenoxy) is 1. The van der Waals surface area contributed by atoms with Crippen LogP contribution in [0.5, 0.6) is 0 Å². The molecule has 170 valence electrons. The second-order valence-electron chi connectivity index (χ2n) is 9.23. The van der Waals surface area contributed by atoms with Gasteiger partial charge in [0.05, 0.1) is 11.4 Å². The first-order valence-corrected chi connectivity index (χ1v) is 11.3. The lowest BCUT2D eigenvalue weighted by Gasteiger charge is -2.28.